The Morgan fingerprint density at radius 2 is 1.29 bits per heavy atom. The van der Waals surface area contributed by atoms with Crippen molar-refractivity contribution in [3.63, 3.8) is 0 Å². The summed E-state index contributed by atoms with van der Waals surface area (Å²) in [5, 5.41) is 13.4. The second-order valence-corrected chi connectivity index (χ2v) is 18.2. The molecule has 208 valence electrons. The third kappa shape index (κ3) is 9.76. The van der Waals surface area contributed by atoms with Crippen molar-refractivity contribution in [2.24, 2.45) is 39.8 Å². The Hall–Kier alpha value is 0.162. The molecule has 0 amide bonds. The molecule has 6 atom stereocenters. The monoisotopic (exact) mass is 708 g/mol. The zero-order chi connectivity index (χ0) is 26.0. The van der Waals surface area contributed by atoms with Crippen molar-refractivity contribution in [1.29, 1.82) is 0 Å². The van der Waals surface area contributed by atoms with Gasteiger partial charge in [-0.15, -0.1) is 13.3 Å². The zero-order valence-corrected chi connectivity index (χ0v) is 27.5. The van der Waals surface area contributed by atoms with Gasteiger partial charge in [0.2, 0.25) is 0 Å². The average molecular weight is 711 g/mol. The van der Waals surface area contributed by atoms with Crippen molar-refractivity contribution >= 4 is 39.5 Å². The predicted octanol–water partition coefficient (Wildman–Crippen LogP) is 7.35. The van der Waals surface area contributed by atoms with Gasteiger partial charge < -0.3 is 19.8 Å². The summed E-state index contributed by atoms with van der Waals surface area (Å²) in [5.41, 5.74) is 0. The molecule has 2 saturated carbocycles. The SMILES string of the molecule is CCN1C=NN([C@H]2C[C@H](C)CC[C@H]2C(C)C)[CH-]1.CCN1C=NN([C@H]2C[C@H](C)CC[C@H]2C)[CH-]1.[Br][Pd][Br]. The summed E-state index contributed by atoms with van der Waals surface area (Å²) in [5.74, 6) is 4.01. The molecule has 2 aliphatic carbocycles. The summed E-state index contributed by atoms with van der Waals surface area (Å²) in [6, 6.07) is 1.22. The first-order valence-electron chi connectivity index (χ1n) is 13.4. The van der Waals surface area contributed by atoms with E-state index < -0.39 is 0 Å². The van der Waals surface area contributed by atoms with Crippen molar-refractivity contribution < 1.29 is 13.9 Å². The molecule has 0 spiro atoms. The molecule has 4 aliphatic rings. The average Bonchev–Trinajstić information content (AvgIpc) is 3.51. The van der Waals surface area contributed by atoms with E-state index >= 15 is 0 Å². The standard InChI is InChI=1S/C14H26N3.C12H22N3.2BrH.Pd/c1-5-16-9-15-17(10-16)14-8-12(4)6-7-13(14)11(2)3;1-4-14-8-13-15(9-14)12-7-10(2)5-6-11(12)3;;;/h9-14H,5-8H2,1-4H3;8-12H,4-7H2,1-3H3;2*1H;/q2*-1;;;+2/p-2/t12-,13+,14+;10-,11-,12+;;;/m11.../s1. The number of halogens is 2. The van der Waals surface area contributed by atoms with Crippen LogP contribution in [-0.4, -0.2) is 57.7 Å². The molecule has 0 bridgehead atoms. The molecular weight excluding hydrogens is 663 g/mol. The van der Waals surface area contributed by atoms with E-state index in [1.54, 1.807) is 0 Å². The van der Waals surface area contributed by atoms with E-state index in [1.807, 2.05) is 12.7 Å². The van der Waals surface area contributed by atoms with Crippen molar-refractivity contribution in [3.8, 4) is 0 Å². The van der Waals surface area contributed by atoms with Crippen molar-refractivity contribution in [2.75, 3.05) is 13.1 Å². The maximum absolute atomic E-state index is 4.56. The third-order valence-corrected chi connectivity index (χ3v) is 8.01. The van der Waals surface area contributed by atoms with Crippen molar-refractivity contribution in [3.05, 3.63) is 13.3 Å². The Labute approximate surface area is 237 Å². The van der Waals surface area contributed by atoms with E-state index in [1.165, 1.54) is 38.5 Å². The molecule has 0 saturated heterocycles. The third-order valence-electron chi connectivity index (χ3n) is 8.01. The fourth-order valence-electron chi connectivity index (χ4n) is 5.67. The van der Waals surface area contributed by atoms with Gasteiger partial charge in [-0.1, -0.05) is 47.5 Å². The van der Waals surface area contributed by atoms with Gasteiger partial charge in [0.25, 0.3) is 0 Å². The Morgan fingerprint density at radius 1 is 0.829 bits per heavy atom. The van der Waals surface area contributed by atoms with E-state index in [0.717, 1.165) is 42.7 Å². The van der Waals surface area contributed by atoms with E-state index in [-0.39, 0.29) is 0 Å². The van der Waals surface area contributed by atoms with Crippen LogP contribution in [0, 0.1) is 42.9 Å². The Morgan fingerprint density at radius 3 is 1.74 bits per heavy atom. The van der Waals surface area contributed by atoms with E-state index in [9.17, 15) is 0 Å². The molecule has 9 heteroatoms. The van der Waals surface area contributed by atoms with Crippen LogP contribution in [0.25, 0.3) is 0 Å². The summed E-state index contributed by atoms with van der Waals surface area (Å²) in [4.78, 5) is 4.31. The van der Waals surface area contributed by atoms with E-state index in [4.69, 9.17) is 0 Å². The number of rotatable bonds is 5. The van der Waals surface area contributed by atoms with E-state index in [0.29, 0.717) is 26.0 Å². The summed E-state index contributed by atoms with van der Waals surface area (Å²) < 4.78 is 0. The van der Waals surface area contributed by atoms with Crippen LogP contribution in [0.4, 0.5) is 0 Å². The van der Waals surface area contributed by atoms with Crippen molar-refractivity contribution in [2.45, 2.75) is 99.1 Å². The van der Waals surface area contributed by atoms with Crippen LogP contribution in [-0.2, 0) is 13.9 Å². The van der Waals surface area contributed by atoms with Gasteiger partial charge in [-0.05, 0) is 82.2 Å². The summed E-state index contributed by atoms with van der Waals surface area (Å²) in [6.45, 7) is 22.5. The Bertz CT molecular complexity index is 651. The molecule has 0 unspecified atom stereocenters. The van der Waals surface area contributed by atoms with Crippen LogP contribution in [0.3, 0.4) is 0 Å². The molecule has 2 heterocycles. The number of hydrogen-bond acceptors (Lipinski definition) is 6. The molecule has 0 aromatic carbocycles. The Kier molecular flexibility index (Phi) is 14.5. The van der Waals surface area contributed by atoms with Crippen LogP contribution in [0.5, 0.6) is 0 Å². The topological polar surface area (TPSA) is 37.7 Å². The van der Waals surface area contributed by atoms with Crippen LogP contribution in [0.1, 0.15) is 87.0 Å². The molecule has 4 rings (SSSR count). The molecule has 0 radical (unpaired) electrons. The van der Waals surface area contributed by atoms with Crippen LogP contribution in [0.15, 0.2) is 10.2 Å². The second kappa shape index (κ2) is 16.2. The summed E-state index contributed by atoms with van der Waals surface area (Å²) >= 11 is 6.80. The normalized spacial score (nSPS) is 32.6. The summed E-state index contributed by atoms with van der Waals surface area (Å²) in [7, 11) is 0. The van der Waals surface area contributed by atoms with Crippen molar-refractivity contribution in [1.82, 2.24) is 19.8 Å². The molecule has 35 heavy (non-hydrogen) atoms. The quantitative estimate of drug-likeness (QED) is 0.221. The molecule has 2 aliphatic heterocycles. The Balaban J connectivity index is 0.000000223. The van der Waals surface area contributed by atoms with Gasteiger partial charge in [-0.2, -0.15) is 0 Å². The number of hydrogen-bond donors (Lipinski definition) is 0. The van der Waals surface area contributed by atoms with Gasteiger partial charge in [-0.3, -0.25) is 0 Å². The minimum absolute atomic E-state index is 0.575. The fraction of sp³-hybridized carbons (Fsp3) is 0.846. The number of nitrogens with zero attached hydrogens (tertiary/aromatic N) is 6. The number of hydrazone groups is 2. The molecule has 2 fully saturated rings. The van der Waals surface area contributed by atoms with Gasteiger partial charge in [0.15, 0.2) is 0 Å². The zero-order valence-electron chi connectivity index (χ0n) is 22.8. The van der Waals surface area contributed by atoms with Gasteiger partial charge in [0.1, 0.15) is 0 Å². The van der Waals surface area contributed by atoms with Gasteiger partial charge in [-0.25, -0.2) is 10.2 Å². The van der Waals surface area contributed by atoms with E-state index in [2.05, 4.69) is 119 Å². The first-order chi connectivity index (χ1) is 16.7. The van der Waals surface area contributed by atoms with Crippen LogP contribution >= 0.6 is 26.9 Å². The summed E-state index contributed by atoms with van der Waals surface area (Å²) in [6.07, 6.45) is 11.9. The second-order valence-electron chi connectivity index (χ2n) is 11.0. The maximum atomic E-state index is 4.56. The molecular formula is C26H48Br2N6Pd-2. The van der Waals surface area contributed by atoms with Gasteiger partial charge in [0.05, 0.1) is 12.7 Å². The molecule has 0 N–H and O–H groups in total. The van der Waals surface area contributed by atoms with Gasteiger partial charge in [0, 0.05) is 12.1 Å². The van der Waals surface area contributed by atoms with Crippen LogP contribution in [0.2, 0.25) is 0 Å². The first kappa shape index (κ1) is 31.4. The predicted molar refractivity (Wildman–Crippen MR) is 153 cm³/mol. The molecule has 0 aromatic heterocycles. The fourth-order valence-corrected chi connectivity index (χ4v) is 5.67. The first-order valence-corrected chi connectivity index (χ1v) is 20.5. The minimum atomic E-state index is 0.575. The molecule has 0 aromatic rings. The molecule has 6 nitrogen and oxygen atoms in total. The van der Waals surface area contributed by atoms with Crippen LogP contribution < -0.4 is 0 Å². The van der Waals surface area contributed by atoms with Gasteiger partial charge >= 0.3 is 40.8 Å².